The number of alkyl halides is 4. The van der Waals surface area contributed by atoms with E-state index < -0.39 is 54.6 Å². The predicted molar refractivity (Wildman–Crippen MR) is 132 cm³/mol. The van der Waals surface area contributed by atoms with E-state index in [0.29, 0.717) is 12.8 Å². The number of fused-ring (bicyclic) bond motifs is 3. The zero-order valence-electron chi connectivity index (χ0n) is 19.5. The van der Waals surface area contributed by atoms with Gasteiger partial charge in [-0.15, -0.1) is 0 Å². The highest BCUT2D eigenvalue weighted by atomic mass is 35.5. The maximum absolute atomic E-state index is 15.4. The minimum Gasteiger partial charge on any atom is -0.480 e. The van der Waals surface area contributed by atoms with E-state index in [9.17, 15) is 22.4 Å². The summed E-state index contributed by atoms with van der Waals surface area (Å²) in [6.45, 7) is -1.18. The summed E-state index contributed by atoms with van der Waals surface area (Å²) in [7, 11) is 0. The molecule has 1 atom stereocenters. The topological polar surface area (TPSA) is 81.1 Å². The lowest BCUT2D eigenvalue weighted by atomic mass is 9.81. The summed E-state index contributed by atoms with van der Waals surface area (Å²) in [6.07, 6.45) is 1.51. The predicted octanol–water partition coefficient (Wildman–Crippen LogP) is 6.24. The van der Waals surface area contributed by atoms with Crippen LogP contribution in [-0.4, -0.2) is 39.0 Å². The van der Waals surface area contributed by atoms with Crippen molar-refractivity contribution in [2.24, 2.45) is 11.8 Å². The second-order valence-corrected chi connectivity index (χ2v) is 10.8. The number of rotatable bonds is 5. The Morgan fingerprint density at radius 2 is 1.92 bits per heavy atom. The molecule has 0 unspecified atom stereocenters. The Bertz CT molecular complexity index is 1510. The second kappa shape index (κ2) is 8.84. The third-order valence-electron chi connectivity index (χ3n) is 7.15. The SMILES string of the molecule is O=c1c2c(c3cc(Nc4nc(Cl)ncc4Cl)c(F)cc3n1CC1CC(F)(F)C1)N[C@@H](C1CC1)C(F)(F)CO2. The van der Waals surface area contributed by atoms with Crippen molar-refractivity contribution >= 4 is 51.3 Å². The van der Waals surface area contributed by atoms with Crippen molar-refractivity contribution in [3.05, 3.63) is 44.8 Å². The Labute approximate surface area is 222 Å². The molecule has 2 aliphatic carbocycles. The van der Waals surface area contributed by atoms with Gasteiger partial charge in [-0.05, 0) is 42.3 Å². The fraction of sp³-hybridized carbons (Fsp3) is 0.458. The lowest BCUT2D eigenvalue weighted by molar-refractivity contribution is -0.114. The molecule has 7 nitrogen and oxygen atoms in total. The van der Waals surface area contributed by atoms with Crippen molar-refractivity contribution in [2.45, 2.75) is 50.1 Å². The largest absolute Gasteiger partial charge is 0.480 e. The first kappa shape index (κ1) is 25.4. The molecule has 0 bridgehead atoms. The van der Waals surface area contributed by atoms with E-state index in [1.54, 1.807) is 0 Å². The number of halogens is 7. The number of anilines is 3. The van der Waals surface area contributed by atoms with Crippen molar-refractivity contribution in [1.29, 1.82) is 0 Å². The molecule has 3 aliphatic rings. The van der Waals surface area contributed by atoms with E-state index in [0.717, 1.165) is 10.6 Å². The first-order chi connectivity index (χ1) is 17.9. The lowest BCUT2D eigenvalue weighted by Gasteiger charge is -2.35. The van der Waals surface area contributed by atoms with Crippen LogP contribution in [0.4, 0.5) is 39.1 Å². The van der Waals surface area contributed by atoms with Crippen molar-refractivity contribution in [2.75, 3.05) is 17.2 Å². The highest BCUT2D eigenvalue weighted by Gasteiger charge is 2.51. The fourth-order valence-corrected chi connectivity index (χ4v) is 5.42. The molecule has 2 fully saturated rings. The van der Waals surface area contributed by atoms with Crippen LogP contribution in [-0.2, 0) is 6.54 Å². The maximum atomic E-state index is 15.4. The minimum absolute atomic E-state index is 0.00683. The van der Waals surface area contributed by atoms with Crippen LogP contribution in [0.3, 0.4) is 0 Å². The summed E-state index contributed by atoms with van der Waals surface area (Å²) in [5.74, 6) is -8.20. The molecule has 0 amide bonds. The quantitative estimate of drug-likeness (QED) is 0.277. The van der Waals surface area contributed by atoms with Gasteiger partial charge in [-0.1, -0.05) is 11.6 Å². The Kier molecular flexibility index (Phi) is 5.91. The van der Waals surface area contributed by atoms with Crippen molar-refractivity contribution in [3.8, 4) is 5.75 Å². The van der Waals surface area contributed by atoms with Gasteiger partial charge < -0.3 is 19.9 Å². The molecule has 2 saturated carbocycles. The van der Waals surface area contributed by atoms with Gasteiger partial charge >= 0.3 is 5.92 Å². The lowest BCUT2D eigenvalue weighted by Crippen LogP contribution is -2.44. The monoisotopic (exact) mass is 575 g/mol. The summed E-state index contributed by atoms with van der Waals surface area (Å²) >= 11 is 11.9. The molecule has 2 aromatic heterocycles. The van der Waals surface area contributed by atoms with E-state index in [4.69, 9.17) is 27.9 Å². The molecule has 6 rings (SSSR count). The molecule has 2 N–H and O–H groups in total. The van der Waals surface area contributed by atoms with Crippen molar-refractivity contribution in [3.63, 3.8) is 0 Å². The van der Waals surface area contributed by atoms with E-state index in [-0.39, 0.29) is 56.6 Å². The van der Waals surface area contributed by atoms with Gasteiger partial charge in [0.05, 0.1) is 29.1 Å². The molecule has 0 radical (unpaired) electrons. The highest BCUT2D eigenvalue weighted by Crippen LogP contribution is 2.47. The number of hydrogen-bond donors (Lipinski definition) is 2. The molecular weight excluding hydrogens is 556 g/mol. The van der Waals surface area contributed by atoms with E-state index in [1.807, 2.05) is 0 Å². The molecular formula is C24H20Cl2F5N5O2. The molecule has 0 spiro atoms. The standard InChI is InChI=1S/C24H20Cl2F5N5O2/c25-13-7-32-22(26)35-20(13)33-15-3-12-16(4-14(15)27)36(8-10-5-23(28,29)6-10)21(37)18-17(12)34-19(11-1-2-11)24(30,31)9-38-18/h3-4,7,10-11,19,34H,1-2,5-6,8-9H2,(H,32,33,35)/t19-/m0/s1. The third kappa shape index (κ3) is 4.51. The average molecular weight is 576 g/mol. The van der Waals surface area contributed by atoms with Gasteiger partial charge in [0.1, 0.15) is 10.8 Å². The van der Waals surface area contributed by atoms with Crippen LogP contribution in [0.25, 0.3) is 10.9 Å². The van der Waals surface area contributed by atoms with E-state index in [2.05, 4.69) is 20.6 Å². The number of pyridine rings is 1. The summed E-state index contributed by atoms with van der Waals surface area (Å²) in [5, 5.41) is 5.62. The van der Waals surface area contributed by atoms with Crippen LogP contribution in [0.1, 0.15) is 25.7 Å². The molecule has 38 heavy (non-hydrogen) atoms. The van der Waals surface area contributed by atoms with Crippen molar-refractivity contribution < 1.29 is 26.7 Å². The summed E-state index contributed by atoms with van der Waals surface area (Å²) in [4.78, 5) is 21.1. The first-order valence-electron chi connectivity index (χ1n) is 11.9. The Hall–Kier alpha value is -2.86. The van der Waals surface area contributed by atoms with Crippen LogP contribution >= 0.6 is 23.2 Å². The molecule has 14 heteroatoms. The number of benzene rings is 1. The molecule has 202 valence electrons. The van der Waals surface area contributed by atoms with Crippen LogP contribution in [0.2, 0.25) is 10.3 Å². The number of hydrogen-bond acceptors (Lipinski definition) is 6. The number of ether oxygens (including phenoxy) is 1. The molecule has 3 heterocycles. The second-order valence-electron chi connectivity index (χ2n) is 10.1. The van der Waals surface area contributed by atoms with Crippen LogP contribution < -0.4 is 20.9 Å². The smallest absolute Gasteiger partial charge is 0.301 e. The Morgan fingerprint density at radius 1 is 1.18 bits per heavy atom. The first-order valence-corrected chi connectivity index (χ1v) is 12.7. The minimum atomic E-state index is -3.29. The zero-order chi connectivity index (χ0) is 27.0. The van der Waals surface area contributed by atoms with Crippen LogP contribution in [0.15, 0.2) is 23.1 Å². The highest BCUT2D eigenvalue weighted by molar-refractivity contribution is 6.33. The van der Waals surface area contributed by atoms with Gasteiger partial charge in [0, 0.05) is 30.8 Å². The van der Waals surface area contributed by atoms with Crippen LogP contribution in [0.5, 0.6) is 5.75 Å². The van der Waals surface area contributed by atoms with Gasteiger partial charge in [-0.2, -0.15) is 4.98 Å². The number of nitrogens with zero attached hydrogens (tertiary/aromatic N) is 3. The van der Waals surface area contributed by atoms with Gasteiger partial charge in [0.25, 0.3) is 5.56 Å². The molecule has 0 saturated heterocycles. The number of aromatic nitrogens is 3. The van der Waals surface area contributed by atoms with Gasteiger partial charge in [-0.3, -0.25) is 4.79 Å². The molecule has 3 aromatic rings. The Morgan fingerprint density at radius 3 is 2.61 bits per heavy atom. The average Bonchev–Trinajstić information content (AvgIpc) is 3.66. The fourth-order valence-electron chi connectivity index (χ4n) is 5.15. The molecule has 1 aromatic carbocycles. The van der Waals surface area contributed by atoms with Crippen molar-refractivity contribution in [1.82, 2.24) is 14.5 Å². The Balaban J connectivity index is 1.52. The van der Waals surface area contributed by atoms with E-state index >= 15 is 4.39 Å². The number of nitrogens with one attached hydrogen (secondary N) is 2. The van der Waals surface area contributed by atoms with E-state index in [1.165, 1.54) is 12.3 Å². The maximum Gasteiger partial charge on any atom is 0.301 e. The third-order valence-corrected chi connectivity index (χ3v) is 7.61. The van der Waals surface area contributed by atoms with Crippen LogP contribution in [0, 0.1) is 17.7 Å². The van der Waals surface area contributed by atoms with Gasteiger partial charge in [0.2, 0.25) is 17.0 Å². The summed E-state index contributed by atoms with van der Waals surface area (Å²) in [6, 6.07) is 1.05. The normalized spacial score (nSPS) is 22.1. The van der Waals surface area contributed by atoms with Gasteiger partial charge in [-0.25, -0.2) is 26.9 Å². The summed E-state index contributed by atoms with van der Waals surface area (Å²) in [5.41, 5.74) is -0.899. The zero-order valence-corrected chi connectivity index (χ0v) is 21.0. The van der Waals surface area contributed by atoms with Gasteiger partial charge in [0.15, 0.2) is 12.4 Å². The molecule has 1 aliphatic heterocycles. The summed E-state index contributed by atoms with van der Waals surface area (Å²) < 4.78 is 78.9.